The minimum absolute atomic E-state index is 0.154. The summed E-state index contributed by atoms with van der Waals surface area (Å²) in [4.78, 5) is 26.1. The maximum atomic E-state index is 12.2. The van der Waals surface area contributed by atoms with Gasteiger partial charge in [0.15, 0.2) is 0 Å². The Bertz CT molecular complexity index is 607. The molecule has 1 saturated heterocycles. The second-order valence-corrected chi connectivity index (χ2v) is 5.54. The van der Waals surface area contributed by atoms with Crippen molar-refractivity contribution in [3.05, 3.63) is 32.6 Å². The molecule has 21 heavy (non-hydrogen) atoms. The minimum atomic E-state index is -0.312. The Kier molecular flexibility index (Phi) is 4.97. The summed E-state index contributed by atoms with van der Waals surface area (Å²) in [6.45, 7) is 1.86. The molecule has 1 fully saturated rings. The average molecular weight is 297 g/mol. The molecule has 118 valence electrons. The molecule has 1 aromatic rings. The van der Waals surface area contributed by atoms with Crippen LogP contribution in [-0.2, 0) is 30.1 Å². The van der Waals surface area contributed by atoms with Crippen LogP contribution >= 0.6 is 0 Å². The average Bonchev–Trinajstić information content (AvgIpc) is 2.85. The van der Waals surface area contributed by atoms with Crippen molar-refractivity contribution in [2.75, 3.05) is 27.4 Å². The predicted molar refractivity (Wildman–Crippen MR) is 78.4 cm³/mol. The molecule has 2 atom stereocenters. The Balaban J connectivity index is 2.24. The zero-order valence-electron chi connectivity index (χ0n) is 13.0. The van der Waals surface area contributed by atoms with Crippen LogP contribution in [0.5, 0.6) is 0 Å². The molecule has 1 aromatic heterocycles. The van der Waals surface area contributed by atoms with Crippen LogP contribution in [0.2, 0.25) is 0 Å². The monoisotopic (exact) mass is 297 g/mol. The van der Waals surface area contributed by atoms with Gasteiger partial charge in [-0.25, -0.2) is 4.79 Å². The SMILES string of the molecule is COC[C@@H]1C[C@@H](OC)CN1Cc1cn(C)c(=O)n(C)c1=O. The van der Waals surface area contributed by atoms with Gasteiger partial charge in [-0.15, -0.1) is 0 Å². The second kappa shape index (κ2) is 6.55. The van der Waals surface area contributed by atoms with Crippen molar-refractivity contribution in [2.45, 2.75) is 25.1 Å². The van der Waals surface area contributed by atoms with Gasteiger partial charge in [0.25, 0.3) is 5.56 Å². The fraction of sp³-hybridized carbons (Fsp3) is 0.714. The van der Waals surface area contributed by atoms with Gasteiger partial charge >= 0.3 is 5.69 Å². The van der Waals surface area contributed by atoms with Gasteiger partial charge in [0.1, 0.15) is 0 Å². The highest BCUT2D eigenvalue weighted by Crippen LogP contribution is 2.21. The Labute approximate surface area is 123 Å². The lowest BCUT2D eigenvalue weighted by Crippen LogP contribution is -2.41. The van der Waals surface area contributed by atoms with Crippen molar-refractivity contribution in [3.8, 4) is 0 Å². The molecular formula is C14H23N3O4. The highest BCUT2D eigenvalue weighted by Gasteiger charge is 2.32. The lowest BCUT2D eigenvalue weighted by molar-refractivity contribution is 0.105. The van der Waals surface area contributed by atoms with Gasteiger partial charge < -0.3 is 14.0 Å². The summed E-state index contributed by atoms with van der Waals surface area (Å²) < 4.78 is 13.2. The van der Waals surface area contributed by atoms with Gasteiger partial charge in [-0.2, -0.15) is 0 Å². The maximum Gasteiger partial charge on any atom is 0.330 e. The maximum absolute atomic E-state index is 12.2. The number of hydrogen-bond acceptors (Lipinski definition) is 5. The van der Waals surface area contributed by atoms with E-state index in [1.807, 2.05) is 0 Å². The summed E-state index contributed by atoms with van der Waals surface area (Å²) in [6, 6.07) is 0.224. The number of ether oxygens (including phenoxy) is 2. The standard InChI is InChI=1S/C14H23N3O4/c1-15-6-10(13(18)16(2)14(15)19)7-17-8-12(21-4)5-11(17)9-20-3/h6,11-12H,5,7-9H2,1-4H3/t11-,12+/m0/s1. The van der Waals surface area contributed by atoms with E-state index in [0.717, 1.165) is 17.5 Å². The van der Waals surface area contributed by atoms with Gasteiger partial charge in [0.2, 0.25) is 0 Å². The molecule has 0 amide bonds. The van der Waals surface area contributed by atoms with E-state index >= 15 is 0 Å². The number of nitrogens with zero attached hydrogens (tertiary/aromatic N) is 3. The van der Waals surface area contributed by atoms with E-state index in [4.69, 9.17) is 9.47 Å². The Hall–Kier alpha value is -1.44. The first-order chi connectivity index (χ1) is 9.97. The Morgan fingerprint density at radius 3 is 2.62 bits per heavy atom. The third-order valence-corrected chi connectivity index (χ3v) is 4.07. The van der Waals surface area contributed by atoms with Crippen LogP contribution in [0.25, 0.3) is 0 Å². The van der Waals surface area contributed by atoms with Crippen LogP contribution < -0.4 is 11.2 Å². The van der Waals surface area contributed by atoms with E-state index in [2.05, 4.69) is 4.90 Å². The first kappa shape index (κ1) is 15.9. The van der Waals surface area contributed by atoms with E-state index in [9.17, 15) is 9.59 Å². The van der Waals surface area contributed by atoms with Gasteiger partial charge in [-0.3, -0.25) is 14.3 Å². The van der Waals surface area contributed by atoms with Crippen molar-refractivity contribution >= 4 is 0 Å². The lowest BCUT2D eigenvalue weighted by Gasteiger charge is -2.23. The predicted octanol–water partition coefficient (Wildman–Crippen LogP) is -0.680. The summed E-state index contributed by atoms with van der Waals surface area (Å²) in [5.41, 5.74) is 0.0565. The van der Waals surface area contributed by atoms with E-state index in [1.165, 1.54) is 11.6 Å². The smallest absolute Gasteiger partial charge is 0.330 e. The molecule has 2 heterocycles. The molecule has 7 heteroatoms. The van der Waals surface area contributed by atoms with Gasteiger partial charge in [-0.1, -0.05) is 0 Å². The highest BCUT2D eigenvalue weighted by molar-refractivity contribution is 5.07. The number of aromatic nitrogens is 2. The molecule has 1 aliphatic heterocycles. The Morgan fingerprint density at radius 1 is 1.29 bits per heavy atom. The molecule has 2 rings (SSSR count). The van der Waals surface area contributed by atoms with Gasteiger partial charge in [0, 0.05) is 59.2 Å². The number of aryl methyl sites for hydroxylation is 1. The van der Waals surface area contributed by atoms with Crippen LogP contribution in [-0.4, -0.2) is 53.6 Å². The first-order valence-electron chi connectivity index (χ1n) is 6.99. The minimum Gasteiger partial charge on any atom is -0.383 e. The summed E-state index contributed by atoms with van der Waals surface area (Å²) >= 11 is 0. The summed E-state index contributed by atoms with van der Waals surface area (Å²) in [5.74, 6) is 0. The molecule has 0 unspecified atom stereocenters. The molecule has 0 radical (unpaired) electrons. The van der Waals surface area contributed by atoms with Crippen LogP contribution in [0.15, 0.2) is 15.8 Å². The molecule has 0 bridgehead atoms. The third kappa shape index (κ3) is 3.25. The normalized spacial score (nSPS) is 22.9. The number of hydrogen-bond donors (Lipinski definition) is 0. The molecule has 0 N–H and O–H groups in total. The van der Waals surface area contributed by atoms with Crippen LogP contribution in [0.3, 0.4) is 0 Å². The fourth-order valence-corrected chi connectivity index (χ4v) is 2.88. The van der Waals surface area contributed by atoms with Crippen LogP contribution in [0.4, 0.5) is 0 Å². The Morgan fingerprint density at radius 2 is 2.00 bits per heavy atom. The fourth-order valence-electron chi connectivity index (χ4n) is 2.88. The van der Waals surface area contributed by atoms with Crippen LogP contribution in [0, 0.1) is 0 Å². The number of methoxy groups -OCH3 is 2. The number of rotatable bonds is 5. The quantitative estimate of drug-likeness (QED) is 0.720. The molecule has 0 aromatic carbocycles. The van der Waals surface area contributed by atoms with E-state index < -0.39 is 0 Å². The highest BCUT2D eigenvalue weighted by atomic mass is 16.5. The summed E-state index contributed by atoms with van der Waals surface area (Å²) in [5, 5.41) is 0. The second-order valence-electron chi connectivity index (χ2n) is 5.54. The van der Waals surface area contributed by atoms with Gasteiger partial charge in [0.05, 0.1) is 12.7 Å². The molecular weight excluding hydrogens is 274 g/mol. The zero-order valence-corrected chi connectivity index (χ0v) is 13.0. The van der Waals surface area contributed by atoms with Gasteiger partial charge in [-0.05, 0) is 6.42 Å². The molecule has 0 saturated carbocycles. The van der Waals surface area contributed by atoms with Crippen molar-refractivity contribution in [2.24, 2.45) is 14.1 Å². The summed E-state index contributed by atoms with van der Waals surface area (Å²) in [7, 11) is 6.52. The van der Waals surface area contributed by atoms with E-state index in [1.54, 1.807) is 27.5 Å². The topological polar surface area (TPSA) is 65.7 Å². The first-order valence-corrected chi connectivity index (χ1v) is 6.99. The molecule has 7 nitrogen and oxygen atoms in total. The molecule has 0 spiro atoms. The van der Waals surface area contributed by atoms with Crippen LogP contribution in [0.1, 0.15) is 12.0 Å². The lowest BCUT2D eigenvalue weighted by atomic mass is 10.2. The van der Waals surface area contributed by atoms with Crippen molar-refractivity contribution in [3.63, 3.8) is 0 Å². The largest absolute Gasteiger partial charge is 0.383 e. The molecule has 0 aliphatic carbocycles. The third-order valence-electron chi connectivity index (χ3n) is 4.07. The van der Waals surface area contributed by atoms with E-state index in [-0.39, 0.29) is 23.4 Å². The van der Waals surface area contributed by atoms with Crippen molar-refractivity contribution in [1.82, 2.24) is 14.0 Å². The zero-order chi connectivity index (χ0) is 15.6. The number of likely N-dealkylation sites (tertiary alicyclic amines) is 1. The van der Waals surface area contributed by atoms with E-state index in [0.29, 0.717) is 18.7 Å². The van der Waals surface area contributed by atoms with Crippen molar-refractivity contribution in [1.29, 1.82) is 0 Å². The molecule has 1 aliphatic rings. The van der Waals surface area contributed by atoms with Crippen molar-refractivity contribution < 1.29 is 9.47 Å². The summed E-state index contributed by atoms with van der Waals surface area (Å²) in [6.07, 6.45) is 2.66.